The van der Waals surface area contributed by atoms with Crippen LogP contribution in [0.2, 0.25) is 0 Å². The fraction of sp³-hybridized carbons (Fsp3) is 0.700. The lowest BCUT2D eigenvalue weighted by Gasteiger charge is -2.05. The third-order valence-corrected chi connectivity index (χ3v) is 4.18. The minimum Gasteiger partial charge on any atom is -0.311 e. The molecule has 0 aliphatic rings. The van der Waals surface area contributed by atoms with Crippen LogP contribution in [0.5, 0.6) is 0 Å². The van der Waals surface area contributed by atoms with Crippen molar-refractivity contribution in [1.82, 2.24) is 19.8 Å². The number of rotatable bonds is 6. The lowest BCUT2D eigenvalue weighted by molar-refractivity contribution is 0.583. The average Bonchev–Trinajstić information content (AvgIpc) is 2.50. The van der Waals surface area contributed by atoms with E-state index in [1.54, 1.807) is 0 Å². The molecule has 0 aliphatic carbocycles. The van der Waals surface area contributed by atoms with E-state index in [0.29, 0.717) is 13.1 Å². The van der Waals surface area contributed by atoms with Crippen molar-refractivity contribution in [2.45, 2.75) is 20.4 Å². The maximum absolute atomic E-state index is 11.2. The molecule has 1 aromatic heterocycles. The predicted octanol–water partition coefficient (Wildman–Crippen LogP) is -0.324. The van der Waals surface area contributed by atoms with Crippen LogP contribution in [0, 0.1) is 13.8 Å². The zero-order valence-corrected chi connectivity index (χ0v) is 11.6. The van der Waals surface area contributed by atoms with Crippen LogP contribution in [0.4, 0.5) is 0 Å². The molecule has 0 atom stereocenters. The van der Waals surface area contributed by atoms with Gasteiger partial charge in [0.15, 0.2) is 0 Å². The summed E-state index contributed by atoms with van der Waals surface area (Å²) in [6, 6.07) is 0. The largest absolute Gasteiger partial charge is 0.311 e. The van der Waals surface area contributed by atoms with E-state index in [1.165, 1.54) is 7.05 Å². The van der Waals surface area contributed by atoms with E-state index in [9.17, 15) is 8.42 Å². The summed E-state index contributed by atoms with van der Waals surface area (Å²) < 4.78 is 26.5. The zero-order valence-electron chi connectivity index (χ0n) is 10.7. The summed E-state index contributed by atoms with van der Waals surface area (Å²) in [5.41, 5.74) is 3.22. The first-order chi connectivity index (χ1) is 7.87. The van der Waals surface area contributed by atoms with Crippen LogP contribution in [0.15, 0.2) is 0 Å². The van der Waals surface area contributed by atoms with E-state index in [2.05, 4.69) is 15.1 Å². The van der Waals surface area contributed by atoms with Crippen molar-refractivity contribution in [3.63, 3.8) is 0 Å². The van der Waals surface area contributed by atoms with Crippen molar-refractivity contribution in [3.05, 3.63) is 17.0 Å². The Balaban J connectivity index is 2.47. The summed E-state index contributed by atoms with van der Waals surface area (Å²) >= 11 is 0. The Morgan fingerprint density at radius 3 is 2.47 bits per heavy atom. The van der Waals surface area contributed by atoms with Crippen LogP contribution in [0.1, 0.15) is 17.0 Å². The van der Waals surface area contributed by atoms with Gasteiger partial charge >= 0.3 is 0 Å². The van der Waals surface area contributed by atoms with Crippen molar-refractivity contribution >= 4 is 10.0 Å². The molecule has 0 radical (unpaired) electrons. The highest BCUT2D eigenvalue weighted by Gasteiger charge is 2.10. The molecule has 0 saturated heterocycles. The Bertz CT molecular complexity index is 479. The average molecular weight is 260 g/mol. The van der Waals surface area contributed by atoms with Gasteiger partial charge in [-0.1, -0.05) is 0 Å². The quantitative estimate of drug-likeness (QED) is 0.687. The SMILES string of the molecule is CNS(=O)(=O)CCNCc1c(C)nn(C)c1C. The van der Waals surface area contributed by atoms with Gasteiger partial charge in [-0.2, -0.15) is 5.10 Å². The summed E-state index contributed by atoms with van der Waals surface area (Å²) in [5, 5.41) is 7.41. The highest BCUT2D eigenvalue weighted by molar-refractivity contribution is 7.89. The molecule has 98 valence electrons. The molecule has 0 aliphatic heterocycles. The maximum atomic E-state index is 11.2. The predicted molar refractivity (Wildman–Crippen MR) is 67.2 cm³/mol. The number of aromatic nitrogens is 2. The van der Waals surface area contributed by atoms with E-state index in [-0.39, 0.29) is 5.75 Å². The molecular formula is C10H20N4O2S. The number of hydrogen-bond acceptors (Lipinski definition) is 4. The molecule has 17 heavy (non-hydrogen) atoms. The smallest absolute Gasteiger partial charge is 0.212 e. The first-order valence-corrected chi connectivity index (χ1v) is 7.13. The van der Waals surface area contributed by atoms with Crippen LogP contribution >= 0.6 is 0 Å². The van der Waals surface area contributed by atoms with Gasteiger partial charge in [0.25, 0.3) is 0 Å². The van der Waals surface area contributed by atoms with Gasteiger partial charge in [0.05, 0.1) is 11.4 Å². The van der Waals surface area contributed by atoms with Gasteiger partial charge in [-0.15, -0.1) is 0 Å². The van der Waals surface area contributed by atoms with E-state index >= 15 is 0 Å². The van der Waals surface area contributed by atoms with Gasteiger partial charge in [0.2, 0.25) is 10.0 Å². The molecule has 7 heteroatoms. The van der Waals surface area contributed by atoms with E-state index in [4.69, 9.17) is 0 Å². The van der Waals surface area contributed by atoms with E-state index < -0.39 is 10.0 Å². The first-order valence-electron chi connectivity index (χ1n) is 5.48. The van der Waals surface area contributed by atoms with Crippen LogP contribution < -0.4 is 10.0 Å². The molecule has 0 amide bonds. The second kappa shape index (κ2) is 5.61. The van der Waals surface area contributed by atoms with Crippen LogP contribution in [-0.2, 0) is 23.6 Å². The van der Waals surface area contributed by atoms with E-state index in [1.807, 2.05) is 25.6 Å². The number of hydrogen-bond donors (Lipinski definition) is 2. The van der Waals surface area contributed by atoms with Crippen molar-refractivity contribution in [3.8, 4) is 0 Å². The van der Waals surface area contributed by atoms with Gasteiger partial charge in [0.1, 0.15) is 0 Å². The third kappa shape index (κ3) is 3.79. The summed E-state index contributed by atoms with van der Waals surface area (Å²) in [6.07, 6.45) is 0. The molecular weight excluding hydrogens is 240 g/mol. The first kappa shape index (κ1) is 14.1. The number of aryl methyl sites for hydroxylation is 2. The van der Waals surface area contributed by atoms with Gasteiger partial charge in [-0.05, 0) is 20.9 Å². The Kier molecular flexibility index (Phi) is 4.67. The highest BCUT2D eigenvalue weighted by Crippen LogP contribution is 2.10. The van der Waals surface area contributed by atoms with Crippen molar-refractivity contribution in [2.75, 3.05) is 19.3 Å². The van der Waals surface area contributed by atoms with Gasteiger partial charge in [-0.3, -0.25) is 4.68 Å². The maximum Gasteiger partial charge on any atom is 0.212 e. The molecule has 1 aromatic rings. The second-order valence-electron chi connectivity index (χ2n) is 3.97. The van der Waals surface area contributed by atoms with Gasteiger partial charge < -0.3 is 5.32 Å². The Morgan fingerprint density at radius 1 is 1.35 bits per heavy atom. The second-order valence-corrected chi connectivity index (χ2v) is 6.02. The van der Waals surface area contributed by atoms with Gasteiger partial charge in [0, 0.05) is 31.4 Å². The highest BCUT2D eigenvalue weighted by atomic mass is 32.2. The molecule has 0 aromatic carbocycles. The lowest BCUT2D eigenvalue weighted by atomic mass is 10.2. The topological polar surface area (TPSA) is 76.0 Å². The molecule has 0 fully saturated rings. The van der Waals surface area contributed by atoms with Gasteiger partial charge in [-0.25, -0.2) is 13.1 Å². The Morgan fingerprint density at radius 2 is 2.00 bits per heavy atom. The number of sulfonamides is 1. The standard InChI is InChI=1S/C10H20N4O2S/c1-8-10(9(2)14(4)13-8)7-12-5-6-17(15,16)11-3/h11-12H,5-7H2,1-4H3. The molecule has 1 heterocycles. The van der Waals surface area contributed by atoms with Crippen LogP contribution in [0.25, 0.3) is 0 Å². The molecule has 0 bridgehead atoms. The van der Waals surface area contributed by atoms with E-state index in [0.717, 1.165) is 17.0 Å². The molecule has 0 saturated carbocycles. The summed E-state index contributed by atoms with van der Waals surface area (Å²) in [6.45, 7) is 5.03. The van der Waals surface area contributed by atoms with Crippen molar-refractivity contribution < 1.29 is 8.42 Å². The van der Waals surface area contributed by atoms with Crippen molar-refractivity contribution in [2.24, 2.45) is 7.05 Å². The van der Waals surface area contributed by atoms with Crippen LogP contribution in [-0.4, -0.2) is 37.5 Å². The Hall–Kier alpha value is -0.920. The number of nitrogens with one attached hydrogen (secondary N) is 2. The third-order valence-electron chi connectivity index (χ3n) is 2.82. The summed E-state index contributed by atoms with van der Waals surface area (Å²) in [5.74, 6) is 0.0852. The molecule has 1 rings (SSSR count). The summed E-state index contributed by atoms with van der Waals surface area (Å²) in [7, 11) is 0.199. The fourth-order valence-corrected chi connectivity index (χ4v) is 2.21. The molecule has 6 nitrogen and oxygen atoms in total. The monoisotopic (exact) mass is 260 g/mol. The zero-order chi connectivity index (χ0) is 13.1. The normalized spacial score (nSPS) is 12.0. The lowest BCUT2D eigenvalue weighted by Crippen LogP contribution is -2.29. The van der Waals surface area contributed by atoms with Crippen LogP contribution in [0.3, 0.4) is 0 Å². The van der Waals surface area contributed by atoms with Crippen molar-refractivity contribution in [1.29, 1.82) is 0 Å². The molecule has 2 N–H and O–H groups in total. The fourth-order valence-electron chi connectivity index (χ4n) is 1.60. The minimum absolute atomic E-state index is 0.0852. The number of nitrogens with zero attached hydrogens (tertiary/aromatic N) is 2. The molecule has 0 spiro atoms. The Labute approximate surface area is 102 Å². The summed E-state index contributed by atoms with van der Waals surface area (Å²) in [4.78, 5) is 0. The molecule has 0 unspecified atom stereocenters. The minimum atomic E-state index is -3.12.